The highest BCUT2D eigenvalue weighted by Crippen LogP contribution is 2.19. The van der Waals surface area contributed by atoms with Crippen LogP contribution in [0.25, 0.3) is 0 Å². The van der Waals surface area contributed by atoms with Crippen molar-refractivity contribution in [1.82, 2.24) is 0 Å². The van der Waals surface area contributed by atoms with Crippen molar-refractivity contribution in [1.29, 1.82) is 0 Å². The maximum atomic E-state index is 5.54. The molecular formula is C24H38O2. The largest absolute Gasteiger partial charge is 0.491 e. The Kier molecular flexibility index (Phi) is 13.4. The molecule has 3 rings (SSSR count). The van der Waals surface area contributed by atoms with Crippen LogP contribution in [-0.4, -0.2) is 12.2 Å². The number of hydrogen-bond donors (Lipinski definition) is 0. The molecule has 0 radical (unpaired) electrons. The first-order chi connectivity index (χ1) is 12.6. The normalized spacial score (nSPS) is 14.4. The first-order valence-corrected chi connectivity index (χ1v) is 9.97. The van der Waals surface area contributed by atoms with E-state index in [9.17, 15) is 0 Å². The summed E-state index contributed by atoms with van der Waals surface area (Å²) in [6.45, 7) is 17.0. The van der Waals surface area contributed by atoms with Crippen LogP contribution in [0.15, 0.2) is 48.5 Å². The van der Waals surface area contributed by atoms with E-state index < -0.39 is 0 Å². The van der Waals surface area contributed by atoms with Crippen molar-refractivity contribution in [3.05, 3.63) is 65.2 Å². The molecule has 1 aliphatic heterocycles. The Labute approximate surface area is 161 Å². The molecule has 2 heteroatoms. The molecule has 0 amide bonds. The van der Waals surface area contributed by atoms with E-state index in [1.165, 1.54) is 16.7 Å². The van der Waals surface area contributed by atoms with E-state index in [0.717, 1.165) is 18.8 Å². The van der Waals surface area contributed by atoms with Crippen LogP contribution in [0, 0.1) is 6.92 Å². The molecule has 0 N–H and O–H groups in total. The Morgan fingerprint density at radius 2 is 1.42 bits per heavy atom. The predicted octanol–water partition coefficient (Wildman–Crippen LogP) is 6.98. The van der Waals surface area contributed by atoms with Crippen molar-refractivity contribution in [2.24, 2.45) is 0 Å². The Balaban J connectivity index is 0.000000404. The van der Waals surface area contributed by atoms with Crippen molar-refractivity contribution in [2.75, 3.05) is 0 Å². The average Bonchev–Trinajstić information content (AvgIpc) is 2.67. The third-order valence-corrected chi connectivity index (χ3v) is 3.61. The summed E-state index contributed by atoms with van der Waals surface area (Å²) in [5.74, 6) is 0.988. The Morgan fingerprint density at radius 1 is 0.885 bits per heavy atom. The topological polar surface area (TPSA) is 18.5 Å². The fourth-order valence-electron chi connectivity index (χ4n) is 2.44. The van der Waals surface area contributed by atoms with Gasteiger partial charge < -0.3 is 9.47 Å². The van der Waals surface area contributed by atoms with E-state index in [4.69, 9.17) is 9.47 Å². The lowest BCUT2D eigenvalue weighted by atomic mass is 10.0. The summed E-state index contributed by atoms with van der Waals surface area (Å²) in [7, 11) is 0. The SMILES string of the molecule is CC.CC.CC1Cc2ccccc2CO1.Cc1ccccc1OC(C)C. The van der Waals surface area contributed by atoms with Crippen LogP contribution in [0.2, 0.25) is 0 Å². The highest BCUT2D eigenvalue weighted by Gasteiger charge is 2.13. The van der Waals surface area contributed by atoms with Gasteiger partial charge >= 0.3 is 0 Å². The highest BCUT2D eigenvalue weighted by molar-refractivity contribution is 5.31. The molecule has 0 aromatic heterocycles. The van der Waals surface area contributed by atoms with Crippen LogP contribution in [0.3, 0.4) is 0 Å². The number of para-hydroxylation sites is 1. The van der Waals surface area contributed by atoms with Crippen molar-refractivity contribution in [3.63, 3.8) is 0 Å². The highest BCUT2D eigenvalue weighted by atomic mass is 16.5. The molecule has 1 heterocycles. The summed E-state index contributed by atoms with van der Waals surface area (Å²) in [5.41, 5.74) is 4.00. The molecule has 2 nitrogen and oxygen atoms in total. The monoisotopic (exact) mass is 358 g/mol. The fourth-order valence-corrected chi connectivity index (χ4v) is 2.44. The minimum absolute atomic E-state index is 0.260. The zero-order chi connectivity index (χ0) is 19.9. The van der Waals surface area contributed by atoms with Gasteiger partial charge in [0.2, 0.25) is 0 Å². The number of rotatable bonds is 2. The van der Waals surface area contributed by atoms with Crippen LogP contribution in [0.1, 0.15) is 65.2 Å². The summed E-state index contributed by atoms with van der Waals surface area (Å²) in [5, 5.41) is 0. The van der Waals surface area contributed by atoms with E-state index >= 15 is 0 Å². The Morgan fingerprint density at radius 3 is 2.00 bits per heavy atom. The van der Waals surface area contributed by atoms with Gasteiger partial charge in [-0.05, 0) is 56.9 Å². The molecule has 0 saturated heterocycles. The van der Waals surface area contributed by atoms with Gasteiger partial charge in [0.15, 0.2) is 0 Å². The van der Waals surface area contributed by atoms with Gasteiger partial charge in [-0.25, -0.2) is 0 Å². The molecule has 0 bridgehead atoms. The third kappa shape index (κ3) is 9.05. The molecular weight excluding hydrogens is 320 g/mol. The summed E-state index contributed by atoms with van der Waals surface area (Å²) in [4.78, 5) is 0. The zero-order valence-corrected chi connectivity index (χ0v) is 18.0. The molecule has 26 heavy (non-hydrogen) atoms. The molecule has 0 spiro atoms. The number of aryl methyl sites for hydroxylation is 1. The quantitative estimate of drug-likeness (QED) is 0.576. The number of hydrogen-bond acceptors (Lipinski definition) is 2. The molecule has 2 aromatic rings. The summed E-state index contributed by atoms with van der Waals surface area (Å²) >= 11 is 0. The molecule has 0 saturated carbocycles. The van der Waals surface area contributed by atoms with Gasteiger partial charge in [-0.15, -0.1) is 0 Å². The van der Waals surface area contributed by atoms with Gasteiger partial charge in [0.1, 0.15) is 5.75 Å². The summed E-state index contributed by atoms with van der Waals surface area (Å²) < 4.78 is 11.0. The summed E-state index contributed by atoms with van der Waals surface area (Å²) in [6, 6.07) is 16.5. The number of fused-ring (bicyclic) bond motifs is 1. The Hall–Kier alpha value is -1.80. The van der Waals surface area contributed by atoms with E-state index in [1.54, 1.807) is 0 Å². The van der Waals surface area contributed by atoms with E-state index in [2.05, 4.69) is 44.2 Å². The predicted molar refractivity (Wildman–Crippen MR) is 114 cm³/mol. The lowest BCUT2D eigenvalue weighted by Crippen LogP contribution is -2.18. The first-order valence-electron chi connectivity index (χ1n) is 9.97. The standard InChI is InChI=1S/C10H12O.C10H14O.2C2H6/c1-8-6-9-4-2-3-5-10(9)7-11-8;1-8(2)11-10-7-5-4-6-9(10)3;2*1-2/h2-5,8H,6-7H2,1H3;4-8H,1-3H3;2*1-2H3. The second-order valence-corrected chi connectivity index (χ2v) is 6.03. The van der Waals surface area contributed by atoms with Crippen LogP contribution < -0.4 is 4.74 Å². The van der Waals surface area contributed by atoms with Gasteiger partial charge in [-0.2, -0.15) is 0 Å². The molecule has 0 aliphatic carbocycles. The second kappa shape index (κ2) is 14.4. The van der Waals surface area contributed by atoms with E-state index in [1.807, 2.05) is 59.7 Å². The second-order valence-electron chi connectivity index (χ2n) is 6.03. The van der Waals surface area contributed by atoms with Crippen molar-refractivity contribution >= 4 is 0 Å². The Bertz CT molecular complexity index is 590. The van der Waals surface area contributed by atoms with Crippen LogP contribution in [0.4, 0.5) is 0 Å². The minimum atomic E-state index is 0.260. The van der Waals surface area contributed by atoms with Crippen molar-refractivity contribution in [2.45, 2.75) is 80.6 Å². The summed E-state index contributed by atoms with van der Waals surface area (Å²) in [6.07, 6.45) is 1.72. The molecule has 1 atom stereocenters. The van der Waals surface area contributed by atoms with E-state index in [0.29, 0.717) is 6.10 Å². The molecule has 1 aliphatic rings. The van der Waals surface area contributed by atoms with Crippen molar-refractivity contribution in [3.8, 4) is 5.75 Å². The van der Waals surface area contributed by atoms with Gasteiger partial charge in [-0.3, -0.25) is 0 Å². The number of benzene rings is 2. The van der Waals surface area contributed by atoms with Gasteiger partial charge in [0.25, 0.3) is 0 Å². The van der Waals surface area contributed by atoms with Crippen LogP contribution in [0.5, 0.6) is 5.75 Å². The molecule has 2 aromatic carbocycles. The van der Waals surface area contributed by atoms with Gasteiger partial charge in [0.05, 0.1) is 18.8 Å². The van der Waals surface area contributed by atoms with E-state index in [-0.39, 0.29) is 6.10 Å². The van der Waals surface area contributed by atoms with Gasteiger partial charge in [-0.1, -0.05) is 70.2 Å². The number of ether oxygens (including phenoxy) is 2. The van der Waals surface area contributed by atoms with Crippen molar-refractivity contribution < 1.29 is 9.47 Å². The van der Waals surface area contributed by atoms with Crippen LogP contribution in [-0.2, 0) is 17.8 Å². The average molecular weight is 359 g/mol. The lowest BCUT2D eigenvalue weighted by molar-refractivity contribution is 0.0410. The third-order valence-electron chi connectivity index (χ3n) is 3.61. The first kappa shape index (κ1) is 24.2. The van der Waals surface area contributed by atoms with Gasteiger partial charge in [0, 0.05) is 0 Å². The molecule has 146 valence electrons. The zero-order valence-electron chi connectivity index (χ0n) is 18.0. The lowest BCUT2D eigenvalue weighted by Gasteiger charge is -2.21. The molecule has 0 fully saturated rings. The fraction of sp³-hybridized carbons (Fsp3) is 0.500. The maximum Gasteiger partial charge on any atom is 0.122 e. The smallest absolute Gasteiger partial charge is 0.122 e. The minimum Gasteiger partial charge on any atom is -0.491 e. The van der Waals surface area contributed by atoms with Crippen LogP contribution >= 0.6 is 0 Å². The molecule has 1 unspecified atom stereocenters. The maximum absolute atomic E-state index is 5.54.